The van der Waals surface area contributed by atoms with Gasteiger partial charge in [0.05, 0.1) is 36.2 Å². The van der Waals surface area contributed by atoms with E-state index in [0.717, 1.165) is 36.2 Å². The van der Waals surface area contributed by atoms with Crippen LogP contribution in [0.2, 0.25) is 0 Å². The van der Waals surface area contributed by atoms with Gasteiger partial charge in [-0.05, 0) is 47.6 Å². The number of nitrogens with two attached hydrogens (primary N) is 3. The van der Waals surface area contributed by atoms with E-state index in [4.69, 9.17) is 60.8 Å². The summed E-state index contributed by atoms with van der Waals surface area (Å²) < 4.78 is 221. The van der Waals surface area contributed by atoms with Crippen molar-refractivity contribution < 1.29 is 186 Å². The number of nitrogens with one attached hydrogen (secondary N) is 2. The summed E-state index contributed by atoms with van der Waals surface area (Å²) in [5.41, 5.74) is 5.65. The Morgan fingerprint density at radius 3 is 1.23 bits per heavy atom. The largest absolute Gasteiger partial charge is 0.490 e. The van der Waals surface area contributed by atoms with Crippen molar-refractivity contribution in [3.63, 3.8) is 0 Å². The number of aromatic nitrogens is 10. The summed E-state index contributed by atoms with van der Waals surface area (Å²) in [6, 6.07) is 1.26. The molecular weight excluding hydrogens is 1670 g/mol. The van der Waals surface area contributed by atoms with Crippen molar-refractivity contribution in [2.45, 2.75) is 132 Å². The van der Waals surface area contributed by atoms with Gasteiger partial charge in [0.15, 0.2) is 41.4 Å². The summed E-state index contributed by atoms with van der Waals surface area (Å²) in [5.74, 6) is 11.0. The first-order valence-electron chi connectivity index (χ1n) is 28.4. The van der Waals surface area contributed by atoms with Gasteiger partial charge in [-0.25, -0.2) is 68.6 Å². The highest BCUT2D eigenvalue weighted by Crippen LogP contribution is 2.70. The van der Waals surface area contributed by atoms with E-state index in [9.17, 15) is 99.7 Å². The molecule has 3 fully saturated rings. The maximum Gasteiger partial charge on any atom is 0.490 e. The van der Waals surface area contributed by atoms with Crippen LogP contribution < -0.4 is 28.3 Å². The Morgan fingerprint density at radius 2 is 0.861 bits per heavy atom. The first-order chi connectivity index (χ1) is 49.2. The van der Waals surface area contributed by atoms with Crippen molar-refractivity contribution >= 4 is 121 Å². The summed E-state index contributed by atoms with van der Waals surface area (Å²) in [7, 11) is -51.3. The fourth-order valence-electron chi connectivity index (χ4n) is 10.3. The van der Waals surface area contributed by atoms with Crippen LogP contribution >= 0.6 is 70.4 Å². The number of alkyl halides is 3. The molecule has 3 aliphatic heterocycles. The number of hydrogen-bond donors (Lipinski definition) is 20. The van der Waals surface area contributed by atoms with Crippen molar-refractivity contribution in [3.05, 3.63) is 57.5 Å². The number of phosphoric ester groups is 3. The number of aliphatic hydroxyl groups is 3. The average molecular weight is 1730 g/mol. The van der Waals surface area contributed by atoms with Gasteiger partial charge in [-0.15, -0.1) is 17.8 Å². The van der Waals surface area contributed by atoms with Gasteiger partial charge in [-0.3, -0.25) is 42.3 Å². The van der Waals surface area contributed by atoms with Crippen LogP contribution in [0.1, 0.15) is 60.2 Å². The highest BCUT2D eigenvalue weighted by Gasteiger charge is 2.64. The van der Waals surface area contributed by atoms with Crippen LogP contribution in [0, 0.1) is 41.3 Å². The molecule has 3 saturated heterocycles. The molecule has 3 aliphatic rings. The van der Waals surface area contributed by atoms with Crippen LogP contribution in [0.4, 0.5) is 35.4 Å². The van der Waals surface area contributed by atoms with Crippen molar-refractivity contribution in [1.29, 1.82) is 0 Å². The topological polar surface area (TPSA) is 791 Å². The van der Waals surface area contributed by atoms with E-state index in [0.29, 0.717) is 10.8 Å². The summed E-state index contributed by atoms with van der Waals surface area (Å²) in [6.45, 7) is 6.64. The Balaban J connectivity index is 0.000000226. The van der Waals surface area contributed by atoms with Gasteiger partial charge in [0.2, 0.25) is 34.9 Å². The van der Waals surface area contributed by atoms with E-state index in [2.05, 4.69) is 98.9 Å². The monoisotopic (exact) mass is 1730 g/mol. The third-order valence-electron chi connectivity index (χ3n) is 14.0. The Bertz CT molecular complexity index is 5240. The van der Waals surface area contributed by atoms with E-state index in [-0.39, 0.29) is 34.1 Å². The average Bonchev–Trinajstić information content (AvgIpc) is 1.59. The van der Waals surface area contributed by atoms with Gasteiger partial charge in [0.25, 0.3) is 11.1 Å². The molecule has 9 unspecified atom stereocenters. The minimum Gasteiger partial charge on any atom is -0.386 e. The van der Waals surface area contributed by atoms with Crippen LogP contribution in [0.25, 0.3) is 33.2 Å². The van der Waals surface area contributed by atoms with Crippen molar-refractivity contribution in [1.82, 2.24) is 48.6 Å². The predicted molar refractivity (Wildman–Crippen MR) is 344 cm³/mol. The number of imidazole rings is 1. The zero-order valence-corrected chi connectivity index (χ0v) is 62.3. The molecule has 0 saturated carbocycles. The second-order valence-electron chi connectivity index (χ2n) is 21.9. The summed E-state index contributed by atoms with van der Waals surface area (Å²) in [6.07, 6.45) is -18.8. The molecule has 23 N–H and O–H groups in total. The predicted octanol–water partition coefficient (Wildman–Crippen LogP) is 0.326. The third-order valence-corrected chi connectivity index (χ3v) is 25.8. The fourth-order valence-corrected chi connectivity index (χ4v) is 19.9. The number of phosphoric acid groups is 9. The lowest BCUT2D eigenvalue weighted by atomic mass is 9.94. The smallest absolute Gasteiger partial charge is 0.386 e. The highest BCUT2D eigenvalue weighted by molar-refractivity contribution is 7.68. The van der Waals surface area contributed by atoms with Crippen molar-refractivity contribution in [3.8, 4) is 35.5 Å². The molecule has 0 amide bonds. The number of fused-ring (bicyclic) bond motifs is 3. The summed E-state index contributed by atoms with van der Waals surface area (Å²) in [5, 5.41) is 31.4. The maximum absolute atomic E-state index is 16.0. The number of anilines is 3. The molecule has 9 rings (SSSR count). The van der Waals surface area contributed by atoms with Gasteiger partial charge in [-0.1, -0.05) is 17.8 Å². The van der Waals surface area contributed by atoms with Gasteiger partial charge >= 0.3 is 70.4 Å². The lowest BCUT2D eigenvalue weighted by Crippen LogP contribution is -2.44. The molecule has 64 heteroatoms. The third kappa shape index (κ3) is 21.1. The van der Waals surface area contributed by atoms with Gasteiger partial charge in [-0.2, -0.15) is 40.8 Å². The van der Waals surface area contributed by atoms with E-state index in [1.54, 1.807) is 0 Å². The molecule has 6 aromatic heterocycles. The number of aromatic amines is 2. The maximum atomic E-state index is 16.0. The quantitative estimate of drug-likeness (QED) is 0.0220. The SMILES string of the molecule is CC#CC1(F)[C@@H](O)[C@@H]([C@@H](C)OP(=O)(O)OP(=O)(O)OP(=O)(O)O)O[C@H]1n1cc(F)c2c(=O)[nH]c(N)nc21.CC#CC1(F)[C@@H](O)[C@@H]([C@@H](C)OP(=O)(O)OP(=O)(O)OP(=O)(O)O)O[C@H]1n1ccc2c(=O)[nH]c(N)nc21.CC#CC1(F)[C@@H](O)[C@@H]([C@@H](C)OP(=O)(O)OP(=O)(O)OP(=O)(O)O)O[C@H]1n1cnc2cnc(N)nc21. The van der Waals surface area contributed by atoms with Crippen molar-refractivity contribution in [2.24, 2.45) is 0 Å². The van der Waals surface area contributed by atoms with Gasteiger partial charge in [0, 0.05) is 12.4 Å². The minimum absolute atomic E-state index is 0.0100. The van der Waals surface area contributed by atoms with Crippen LogP contribution in [-0.2, 0) is 94.7 Å². The van der Waals surface area contributed by atoms with E-state index in [1.807, 2.05) is 10.9 Å². The Hall–Kier alpha value is -5.82. The number of nitrogens with zero attached hydrogens (tertiary/aromatic N) is 8. The zero-order chi connectivity index (χ0) is 81.8. The number of ether oxygens (including phenoxy) is 3. The van der Waals surface area contributed by atoms with E-state index in [1.165, 1.54) is 39.2 Å². The van der Waals surface area contributed by atoms with Gasteiger partial charge < -0.3 is 110 Å². The van der Waals surface area contributed by atoms with E-state index >= 15 is 13.2 Å². The second-order valence-corrected chi connectivity index (χ2v) is 35.0. The molecule has 0 aliphatic carbocycles. The molecule has 0 bridgehead atoms. The fraction of sp³-hybridized carbons (Fsp3) is 0.477. The molecule has 0 radical (unpaired) electrons. The Morgan fingerprint density at radius 1 is 0.509 bits per heavy atom. The number of hydrogen-bond acceptors (Lipinski definition) is 34. The minimum atomic E-state index is -5.87. The molecule has 0 spiro atoms. The van der Waals surface area contributed by atoms with Crippen LogP contribution in [-0.4, -0.2) is 195 Å². The van der Waals surface area contributed by atoms with Crippen LogP contribution in [0.5, 0.6) is 0 Å². The number of H-pyrrole nitrogens is 2. The summed E-state index contributed by atoms with van der Waals surface area (Å²) >= 11 is 0. The molecule has 600 valence electrons. The number of aliphatic hydroxyl groups excluding tert-OH is 3. The van der Waals surface area contributed by atoms with Gasteiger partial charge in [0.1, 0.15) is 47.5 Å². The van der Waals surface area contributed by atoms with Crippen molar-refractivity contribution in [2.75, 3.05) is 17.2 Å². The number of halogens is 4. The first-order valence-corrected chi connectivity index (χ1v) is 42.0. The molecular formula is C44H58F4N13O38P9. The van der Waals surface area contributed by atoms with E-state index < -0.39 is 195 Å². The first kappa shape index (κ1) is 89.4. The zero-order valence-electron chi connectivity index (χ0n) is 54.3. The number of nitrogen functional groups attached to an aromatic ring is 3. The summed E-state index contributed by atoms with van der Waals surface area (Å²) in [4.78, 5) is 157. The molecule has 51 nitrogen and oxygen atoms in total. The standard InChI is InChI=1S/C15H19F2N4O13P3.C15H20FN4O13P3.C14H19FN5O12P3/c1-3-4-15(17)10(22)9(6(2)32-36(27,28)34-37(29,30)33-35(24,25)26)31-13(15)21-5-7(16)8-11(21)19-14(18)20-12(8)23;1-3-5-15(16)10(21)9(7(2)31-35(26,27)33-36(28,29)32-34(23,24)25)30-13(15)20-6-4-8-11(20)18-14(17)19-12(8)22;1-3-4-14(15)10(21)9(7(2)30-34(25,26)32-35(27,28)31-33(22,23)24)29-12(14)20-6-18-8-5-17-13(16)19-11(8)20/h5-6,9-10,13,22H,1-2H3,(H,27,28)(H,29,30)(H2,24,25,26)(H3,18,19,20,23);4,6-7,9-10,13,21H,1-2H3,(H,26,27)(H,28,29)(H2,23,24,25)(H3,17,18,19,22);5-7,9-10,12,21H,1-2H3,(H,25,26)(H,27,28)(H2,16,17,19)(H2,22,23,24)/t6-,9-,10+,13-,15?;7-,9-,10+,13-,15?;7-,9-,10+,12-,14?/m111/s1. The Kier molecular flexibility index (Phi) is 26.8. The molecule has 21 atom stereocenters. The molecule has 108 heavy (non-hydrogen) atoms. The van der Waals surface area contributed by atoms with Crippen LogP contribution in [0.3, 0.4) is 0 Å². The van der Waals surface area contributed by atoms with Crippen LogP contribution in [0.15, 0.2) is 40.6 Å². The Labute approximate surface area is 596 Å². The number of rotatable bonds is 24. The molecule has 9 heterocycles. The molecule has 6 aromatic rings. The lowest BCUT2D eigenvalue weighted by molar-refractivity contribution is -0.0755. The second kappa shape index (κ2) is 32.3. The molecule has 0 aromatic carbocycles. The highest BCUT2D eigenvalue weighted by atomic mass is 31.3. The normalized spacial score (nSPS) is 28.7. The lowest BCUT2D eigenvalue weighted by Gasteiger charge is -2.25.